The molecule has 0 bridgehead atoms. The van der Waals surface area contributed by atoms with Crippen LogP contribution in [0.25, 0.3) is 20.3 Å². The summed E-state index contributed by atoms with van der Waals surface area (Å²) in [4.78, 5) is 16.7. The smallest absolute Gasteiger partial charge is 0.257 e. The molecule has 2 N–H and O–H groups in total. The third-order valence-corrected chi connectivity index (χ3v) is 6.25. The molecule has 0 atom stereocenters. The molecule has 1 amide bonds. The van der Waals surface area contributed by atoms with Gasteiger partial charge in [0.15, 0.2) is 6.61 Å². The number of aryl methyl sites for hydroxylation is 3. The van der Waals surface area contributed by atoms with E-state index in [1.807, 2.05) is 37.6 Å². The van der Waals surface area contributed by atoms with Gasteiger partial charge < -0.3 is 10.1 Å². The first-order chi connectivity index (χ1) is 13.1. The minimum Gasteiger partial charge on any atom is -0.483 e. The number of nitrogens with zero attached hydrogens (tertiary/aromatic N) is 2. The predicted octanol–water partition coefficient (Wildman–Crippen LogP) is 3.98. The number of thiophene rings is 1. The van der Waals surface area contributed by atoms with E-state index in [9.17, 15) is 4.79 Å². The number of fused-ring (bicyclic) bond motifs is 3. The number of H-pyrrole nitrogens is 1. The largest absolute Gasteiger partial charge is 0.483 e. The lowest BCUT2D eigenvalue weighted by Gasteiger charge is -2.09. The van der Waals surface area contributed by atoms with Gasteiger partial charge in [-0.05, 0) is 43.7 Å². The van der Waals surface area contributed by atoms with Crippen LogP contribution in [-0.4, -0.2) is 34.2 Å². The van der Waals surface area contributed by atoms with Gasteiger partial charge in [0.1, 0.15) is 5.75 Å². The number of hydrogen-bond donors (Lipinski definition) is 2. The Morgan fingerprint density at radius 2 is 2.26 bits per heavy atom. The molecule has 0 radical (unpaired) electrons. The molecule has 0 saturated heterocycles. The van der Waals surface area contributed by atoms with Gasteiger partial charge in [0.25, 0.3) is 5.91 Å². The van der Waals surface area contributed by atoms with Crippen LogP contribution in [0.5, 0.6) is 5.75 Å². The highest BCUT2D eigenvalue weighted by molar-refractivity contribution is 7.21. The number of thiazole rings is 1. The van der Waals surface area contributed by atoms with Crippen LogP contribution < -0.4 is 10.1 Å². The second kappa shape index (κ2) is 7.66. The van der Waals surface area contributed by atoms with Crippen molar-refractivity contribution in [3.8, 4) is 5.75 Å². The number of ether oxygens (including phenoxy) is 1. The van der Waals surface area contributed by atoms with Gasteiger partial charge in [0.2, 0.25) is 0 Å². The molecule has 0 saturated carbocycles. The van der Waals surface area contributed by atoms with Crippen LogP contribution >= 0.6 is 22.7 Å². The highest BCUT2D eigenvalue weighted by Gasteiger charge is 2.13. The predicted molar refractivity (Wildman–Crippen MR) is 110 cm³/mol. The van der Waals surface area contributed by atoms with Crippen LogP contribution in [-0.2, 0) is 11.2 Å². The van der Waals surface area contributed by atoms with E-state index < -0.39 is 0 Å². The van der Waals surface area contributed by atoms with Crippen molar-refractivity contribution in [2.24, 2.45) is 0 Å². The lowest BCUT2D eigenvalue weighted by Crippen LogP contribution is -2.29. The summed E-state index contributed by atoms with van der Waals surface area (Å²) < 4.78 is 8.04. The molecule has 0 unspecified atom stereocenters. The molecule has 4 rings (SSSR count). The summed E-state index contributed by atoms with van der Waals surface area (Å²) in [5, 5.41) is 13.9. The number of carbonyl (C=O) groups excluding carboxylic acids is 1. The minimum atomic E-state index is -0.108. The summed E-state index contributed by atoms with van der Waals surface area (Å²) in [5.74, 6) is 0.634. The van der Waals surface area contributed by atoms with Crippen LogP contribution in [0.3, 0.4) is 0 Å². The Morgan fingerprint density at radius 3 is 3.07 bits per heavy atom. The summed E-state index contributed by atoms with van der Waals surface area (Å²) in [6, 6.07) is 4.01. The first-order valence-electron chi connectivity index (χ1n) is 8.77. The molecule has 0 spiro atoms. The minimum absolute atomic E-state index is 0.0129. The van der Waals surface area contributed by atoms with Crippen molar-refractivity contribution in [3.05, 3.63) is 40.0 Å². The molecule has 27 heavy (non-hydrogen) atoms. The van der Waals surface area contributed by atoms with Gasteiger partial charge in [-0.25, -0.2) is 4.98 Å². The number of aromatic amines is 1. The van der Waals surface area contributed by atoms with Crippen LogP contribution in [0.15, 0.2) is 23.7 Å². The number of hydrogen-bond acceptors (Lipinski definition) is 6. The zero-order valence-electron chi connectivity index (χ0n) is 15.2. The summed E-state index contributed by atoms with van der Waals surface area (Å²) >= 11 is 3.29. The van der Waals surface area contributed by atoms with E-state index in [0.717, 1.165) is 49.6 Å². The second-order valence-electron chi connectivity index (χ2n) is 6.38. The SMILES string of the molecule is Cc1nc2c(cc(OCC(=O)NCCCc3cn[nH]c3C)c3ccsc32)s1. The Labute approximate surface area is 164 Å². The monoisotopic (exact) mass is 400 g/mol. The Kier molecular flexibility index (Phi) is 5.09. The molecule has 0 aliphatic rings. The number of nitrogens with one attached hydrogen (secondary N) is 2. The lowest BCUT2D eigenvalue weighted by molar-refractivity contribution is -0.123. The highest BCUT2D eigenvalue weighted by atomic mass is 32.1. The summed E-state index contributed by atoms with van der Waals surface area (Å²) in [6.45, 7) is 4.64. The fourth-order valence-electron chi connectivity index (χ4n) is 3.03. The highest BCUT2D eigenvalue weighted by Crippen LogP contribution is 2.38. The fourth-order valence-corrected chi connectivity index (χ4v) is 4.87. The average molecular weight is 401 g/mol. The molecule has 0 aliphatic heterocycles. The van der Waals surface area contributed by atoms with E-state index >= 15 is 0 Å². The van der Waals surface area contributed by atoms with Gasteiger partial charge in [0, 0.05) is 23.7 Å². The lowest BCUT2D eigenvalue weighted by atomic mass is 10.1. The van der Waals surface area contributed by atoms with Gasteiger partial charge in [0.05, 0.1) is 26.1 Å². The van der Waals surface area contributed by atoms with E-state index in [1.165, 1.54) is 5.56 Å². The molecule has 3 heterocycles. The third kappa shape index (κ3) is 3.81. The normalized spacial score (nSPS) is 11.3. The first-order valence-corrected chi connectivity index (χ1v) is 10.5. The quantitative estimate of drug-likeness (QED) is 0.460. The van der Waals surface area contributed by atoms with Crippen molar-refractivity contribution in [2.75, 3.05) is 13.2 Å². The first kappa shape index (κ1) is 17.9. The van der Waals surface area contributed by atoms with Crippen molar-refractivity contribution >= 4 is 48.9 Å². The number of aromatic nitrogens is 3. The van der Waals surface area contributed by atoms with E-state index in [-0.39, 0.29) is 12.5 Å². The molecule has 4 aromatic rings. The van der Waals surface area contributed by atoms with Crippen LogP contribution in [0.1, 0.15) is 22.7 Å². The topological polar surface area (TPSA) is 79.9 Å². The maximum Gasteiger partial charge on any atom is 0.257 e. The van der Waals surface area contributed by atoms with Gasteiger partial charge in [-0.3, -0.25) is 9.89 Å². The molecule has 6 nitrogen and oxygen atoms in total. The van der Waals surface area contributed by atoms with Crippen molar-refractivity contribution in [3.63, 3.8) is 0 Å². The van der Waals surface area contributed by atoms with E-state index in [0.29, 0.717) is 6.54 Å². The zero-order valence-corrected chi connectivity index (χ0v) is 16.8. The Bertz CT molecular complexity index is 1100. The van der Waals surface area contributed by atoms with Crippen LogP contribution in [0, 0.1) is 13.8 Å². The number of rotatable bonds is 7. The van der Waals surface area contributed by atoms with Crippen molar-refractivity contribution in [2.45, 2.75) is 26.7 Å². The number of carbonyl (C=O) groups is 1. The van der Waals surface area contributed by atoms with Crippen molar-refractivity contribution in [1.82, 2.24) is 20.5 Å². The average Bonchev–Trinajstić information content (AvgIpc) is 3.35. The molecule has 140 valence electrons. The molecule has 1 aromatic carbocycles. The van der Waals surface area contributed by atoms with Gasteiger partial charge in [-0.1, -0.05) is 0 Å². The molecule has 0 aliphatic carbocycles. The van der Waals surface area contributed by atoms with Gasteiger partial charge in [-0.2, -0.15) is 5.10 Å². The zero-order chi connectivity index (χ0) is 18.8. The molecule has 8 heteroatoms. The molecular weight excluding hydrogens is 380 g/mol. The van der Waals surface area contributed by atoms with Crippen molar-refractivity contribution in [1.29, 1.82) is 0 Å². The second-order valence-corrected chi connectivity index (χ2v) is 8.53. The number of amides is 1. The molecule has 0 fully saturated rings. The van der Waals surface area contributed by atoms with Gasteiger partial charge >= 0.3 is 0 Å². The summed E-state index contributed by atoms with van der Waals surface area (Å²) in [7, 11) is 0. The van der Waals surface area contributed by atoms with Crippen molar-refractivity contribution < 1.29 is 9.53 Å². The maximum absolute atomic E-state index is 12.1. The Hall–Kier alpha value is -2.45. The number of benzene rings is 1. The Balaban J connectivity index is 1.34. The summed E-state index contributed by atoms with van der Waals surface area (Å²) in [5.41, 5.74) is 3.29. The van der Waals surface area contributed by atoms with Crippen LogP contribution in [0.4, 0.5) is 0 Å². The van der Waals surface area contributed by atoms with E-state index in [4.69, 9.17) is 4.74 Å². The van der Waals surface area contributed by atoms with E-state index in [1.54, 1.807) is 22.7 Å². The standard InChI is InChI=1S/C19H20N4O2S2/c1-11-13(9-21-23-11)4-3-6-20-17(24)10-25-15-8-16-18(22-12(2)27-16)19-14(15)5-7-26-19/h5,7-9H,3-4,6,10H2,1-2H3,(H,20,24)(H,21,23). The third-order valence-electron chi connectivity index (χ3n) is 4.41. The Morgan fingerprint density at radius 1 is 1.37 bits per heavy atom. The summed E-state index contributed by atoms with van der Waals surface area (Å²) in [6.07, 6.45) is 3.59. The molecular formula is C19H20N4O2S2. The van der Waals surface area contributed by atoms with Gasteiger partial charge in [-0.15, -0.1) is 22.7 Å². The maximum atomic E-state index is 12.1. The van der Waals surface area contributed by atoms with Crippen LogP contribution in [0.2, 0.25) is 0 Å². The molecule has 3 aromatic heterocycles. The fraction of sp³-hybridized carbons (Fsp3) is 0.316. The van der Waals surface area contributed by atoms with E-state index in [2.05, 4.69) is 20.5 Å².